The van der Waals surface area contributed by atoms with E-state index in [1.165, 1.54) is 6.33 Å². The SMILES string of the molecule is CCN1CCN(C(=O)c2cc(Nc3c(C)cccc3C)ncn2)CC1. The van der Waals surface area contributed by atoms with E-state index in [1.54, 1.807) is 6.07 Å². The standard InChI is InChI=1S/C19H25N5O/c1-4-23-8-10-24(11-9-23)19(25)16-12-17(21-13-20-16)22-18-14(2)6-5-7-15(18)3/h5-7,12-13H,4,8-11H2,1-3H3,(H,20,21,22). The summed E-state index contributed by atoms with van der Waals surface area (Å²) in [7, 11) is 0. The van der Waals surface area contributed by atoms with Crippen molar-refractivity contribution in [2.45, 2.75) is 20.8 Å². The second-order valence-corrected chi connectivity index (χ2v) is 6.41. The van der Waals surface area contributed by atoms with E-state index in [0.29, 0.717) is 11.5 Å². The summed E-state index contributed by atoms with van der Waals surface area (Å²) < 4.78 is 0. The van der Waals surface area contributed by atoms with Gasteiger partial charge in [-0.05, 0) is 31.5 Å². The van der Waals surface area contributed by atoms with E-state index >= 15 is 0 Å². The summed E-state index contributed by atoms with van der Waals surface area (Å²) in [5, 5.41) is 3.32. The van der Waals surface area contributed by atoms with Gasteiger partial charge < -0.3 is 15.1 Å². The minimum atomic E-state index is -0.0253. The van der Waals surface area contributed by atoms with Crippen LogP contribution in [0.15, 0.2) is 30.6 Å². The van der Waals surface area contributed by atoms with Crippen LogP contribution in [-0.2, 0) is 0 Å². The van der Waals surface area contributed by atoms with Crippen LogP contribution in [0.25, 0.3) is 0 Å². The summed E-state index contributed by atoms with van der Waals surface area (Å²) in [6.07, 6.45) is 1.45. The Kier molecular flexibility index (Phi) is 5.28. The molecule has 0 aliphatic carbocycles. The second kappa shape index (κ2) is 7.61. The van der Waals surface area contributed by atoms with Crippen molar-refractivity contribution in [1.82, 2.24) is 19.8 Å². The first kappa shape index (κ1) is 17.4. The molecule has 1 aromatic heterocycles. The molecular weight excluding hydrogens is 314 g/mol. The predicted octanol–water partition coefficient (Wildman–Crippen LogP) is 2.61. The maximum atomic E-state index is 12.7. The number of rotatable bonds is 4. The lowest BCUT2D eigenvalue weighted by Gasteiger charge is -2.33. The fourth-order valence-electron chi connectivity index (χ4n) is 3.11. The third kappa shape index (κ3) is 3.96. The van der Waals surface area contributed by atoms with Crippen molar-refractivity contribution in [3.8, 4) is 0 Å². The number of anilines is 2. The van der Waals surface area contributed by atoms with Crippen molar-refractivity contribution < 1.29 is 4.79 Å². The van der Waals surface area contributed by atoms with E-state index in [4.69, 9.17) is 0 Å². The predicted molar refractivity (Wildman–Crippen MR) is 99.2 cm³/mol. The largest absolute Gasteiger partial charge is 0.340 e. The maximum Gasteiger partial charge on any atom is 0.272 e. The van der Waals surface area contributed by atoms with Gasteiger partial charge in [0.25, 0.3) is 5.91 Å². The van der Waals surface area contributed by atoms with E-state index in [-0.39, 0.29) is 5.91 Å². The minimum absolute atomic E-state index is 0.0253. The van der Waals surface area contributed by atoms with Crippen molar-refractivity contribution in [3.05, 3.63) is 47.4 Å². The summed E-state index contributed by atoms with van der Waals surface area (Å²) in [6, 6.07) is 7.87. The summed E-state index contributed by atoms with van der Waals surface area (Å²) in [6.45, 7) is 10.6. The maximum absolute atomic E-state index is 12.7. The number of aromatic nitrogens is 2. The van der Waals surface area contributed by atoms with Crippen LogP contribution in [0.3, 0.4) is 0 Å². The lowest BCUT2D eigenvalue weighted by molar-refractivity contribution is 0.0637. The Balaban J connectivity index is 1.74. The normalized spacial score (nSPS) is 15.2. The fourth-order valence-corrected chi connectivity index (χ4v) is 3.11. The van der Waals surface area contributed by atoms with Crippen molar-refractivity contribution >= 4 is 17.4 Å². The van der Waals surface area contributed by atoms with Gasteiger partial charge in [-0.25, -0.2) is 9.97 Å². The molecule has 6 nitrogen and oxygen atoms in total. The van der Waals surface area contributed by atoms with Crippen molar-refractivity contribution in [2.75, 3.05) is 38.0 Å². The lowest BCUT2D eigenvalue weighted by atomic mass is 10.1. The average molecular weight is 339 g/mol. The highest BCUT2D eigenvalue weighted by atomic mass is 16.2. The number of carbonyl (C=O) groups excluding carboxylic acids is 1. The van der Waals surface area contributed by atoms with Crippen molar-refractivity contribution in [1.29, 1.82) is 0 Å². The number of hydrogen-bond acceptors (Lipinski definition) is 5. The molecule has 0 saturated carbocycles. The average Bonchev–Trinajstić information content (AvgIpc) is 2.64. The number of aryl methyl sites for hydroxylation is 2. The van der Waals surface area contributed by atoms with Gasteiger partial charge in [-0.1, -0.05) is 25.1 Å². The summed E-state index contributed by atoms with van der Waals surface area (Å²) in [4.78, 5) is 25.4. The van der Waals surface area contributed by atoms with E-state index in [0.717, 1.165) is 49.5 Å². The zero-order chi connectivity index (χ0) is 17.8. The second-order valence-electron chi connectivity index (χ2n) is 6.41. The Morgan fingerprint density at radius 1 is 1.12 bits per heavy atom. The number of benzene rings is 1. The van der Waals surface area contributed by atoms with Gasteiger partial charge in [-0.15, -0.1) is 0 Å². The van der Waals surface area contributed by atoms with E-state index in [1.807, 2.05) is 11.0 Å². The molecule has 1 aliphatic rings. The quantitative estimate of drug-likeness (QED) is 0.928. The summed E-state index contributed by atoms with van der Waals surface area (Å²) in [5.41, 5.74) is 3.74. The molecule has 6 heteroatoms. The van der Waals surface area contributed by atoms with Crippen LogP contribution >= 0.6 is 0 Å². The first-order valence-electron chi connectivity index (χ1n) is 8.75. The van der Waals surface area contributed by atoms with Crippen molar-refractivity contribution in [3.63, 3.8) is 0 Å². The Hall–Kier alpha value is -2.47. The monoisotopic (exact) mass is 339 g/mol. The lowest BCUT2D eigenvalue weighted by Crippen LogP contribution is -2.48. The number of amides is 1. The van der Waals surface area contributed by atoms with Crippen LogP contribution < -0.4 is 5.32 Å². The fraction of sp³-hybridized carbons (Fsp3) is 0.421. The van der Waals surface area contributed by atoms with Gasteiger partial charge in [0.1, 0.15) is 17.8 Å². The number of nitrogens with one attached hydrogen (secondary N) is 1. The van der Waals surface area contributed by atoms with Crippen LogP contribution in [0, 0.1) is 13.8 Å². The molecule has 0 unspecified atom stereocenters. The molecule has 1 aromatic carbocycles. The molecule has 1 N–H and O–H groups in total. The van der Waals surface area contributed by atoms with Crippen LogP contribution in [0.1, 0.15) is 28.5 Å². The molecule has 1 aliphatic heterocycles. The molecule has 1 amide bonds. The molecular formula is C19H25N5O. The highest BCUT2D eigenvalue weighted by Gasteiger charge is 2.22. The summed E-state index contributed by atoms with van der Waals surface area (Å²) in [5.74, 6) is 0.616. The van der Waals surface area contributed by atoms with Crippen LogP contribution in [0.5, 0.6) is 0 Å². The topological polar surface area (TPSA) is 61.4 Å². The zero-order valence-electron chi connectivity index (χ0n) is 15.1. The number of piperazine rings is 1. The third-order valence-electron chi connectivity index (χ3n) is 4.73. The van der Waals surface area contributed by atoms with E-state index in [2.05, 4.69) is 53.1 Å². The molecule has 0 radical (unpaired) electrons. The first-order chi connectivity index (χ1) is 12.1. The number of hydrogen-bond donors (Lipinski definition) is 1. The third-order valence-corrected chi connectivity index (χ3v) is 4.73. The smallest absolute Gasteiger partial charge is 0.272 e. The highest BCUT2D eigenvalue weighted by Crippen LogP contribution is 2.23. The summed E-state index contributed by atoms with van der Waals surface area (Å²) >= 11 is 0. The molecule has 3 rings (SSSR count). The Morgan fingerprint density at radius 3 is 2.44 bits per heavy atom. The number of nitrogens with zero attached hydrogens (tertiary/aromatic N) is 4. The van der Waals surface area contributed by atoms with Crippen LogP contribution in [0.4, 0.5) is 11.5 Å². The molecule has 2 heterocycles. The van der Waals surface area contributed by atoms with Gasteiger partial charge in [-0.2, -0.15) is 0 Å². The zero-order valence-corrected chi connectivity index (χ0v) is 15.1. The number of para-hydroxylation sites is 1. The molecule has 1 saturated heterocycles. The van der Waals surface area contributed by atoms with Crippen LogP contribution in [0.2, 0.25) is 0 Å². The van der Waals surface area contributed by atoms with Crippen LogP contribution in [-0.4, -0.2) is 58.4 Å². The van der Waals surface area contributed by atoms with E-state index < -0.39 is 0 Å². The van der Waals surface area contributed by atoms with Gasteiger partial charge in [0, 0.05) is 37.9 Å². The van der Waals surface area contributed by atoms with Gasteiger partial charge >= 0.3 is 0 Å². The molecule has 0 bridgehead atoms. The van der Waals surface area contributed by atoms with Gasteiger partial charge in [0.15, 0.2) is 0 Å². The van der Waals surface area contributed by atoms with E-state index in [9.17, 15) is 4.79 Å². The Morgan fingerprint density at radius 2 is 1.80 bits per heavy atom. The Bertz CT molecular complexity index is 733. The molecule has 2 aromatic rings. The molecule has 132 valence electrons. The Labute approximate surface area is 148 Å². The van der Waals surface area contributed by atoms with Crippen molar-refractivity contribution in [2.24, 2.45) is 0 Å². The molecule has 0 atom stereocenters. The first-order valence-corrected chi connectivity index (χ1v) is 8.75. The number of likely N-dealkylation sites (N-methyl/N-ethyl adjacent to an activating group) is 1. The molecule has 25 heavy (non-hydrogen) atoms. The van der Waals surface area contributed by atoms with Gasteiger partial charge in [-0.3, -0.25) is 4.79 Å². The number of carbonyl (C=O) groups is 1. The van der Waals surface area contributed by atoms with Gasteiger partial charge in [0.05, 0.1) is 0 Å². The molecule has 1 fully saturated rings. The molecule has 0 spiro atoms. The highest BCUT2D eigenvalue weighted by molar-refractivity contribution is 5.93. The minimum Gasteiger partial charge on any atom is -0.340 e. The van der Waals surface area contributed by atoms with Gasteiger partial charge in [0.2, 0.25) is 0 Å².